The molecule has 1 atom stereocenters. The van der Waals surface area contributed by atoms with Gasteiger partial charge in [0, 0.05) is 10.5 Å². The average molecular weight is 340 g/mol. The van der Waals surface area contributed by atoms with Crippen molar-refractivity contribution in [2.45, 2.75) is 57.0 Å². The Kier molecular flexibility index (Phi) is 5.22. The fourth-order valence-corrected chi connectivity index (χ4v) is 3.15. The van der Waals surface area contributed by atoms with Crippen molar-refractivity contribution in [1.82, 2.24) is 5.32 Å². The van der Waals surface area contributed by atoms with Crippen LogP contribution in [0.5, 0.6) is 0 Å². The molecule has 1 saturated carbocycles. The summed E-state index contributed by atoms with van der Waals surface area (Å²) < 4.78 is 0.962. The van der Waals surface area contributed by atoms with Crippen LogP contribution in [0.1, 0.15) is 51.0 Å². The summed E-state index contributed by atoms with van der Waals surface area (Å²) in [5.41, 5.74) is -0.215. The van der Waals surface area contributed by atoms with Crippen LogP contribution in [0.15, 0.2) is 28.7 Å². The Hall–Kier alpha value is -0.870. The van der Waals surface area contributed by atoms with Gasteiger partial charge in [-0.25, -0.2) is 4.79 Å². The quantitative estimate of drug-likeness (QED) is 0.813. The lowest BCUT2D eigenvalue weighted by Gasteiger charge is -2.32. The molecule has 3 nitrogen and oxygen atoms in total. The Morgan fingerprint density at radius 1 is 1.20 bits per heavy atom. The number of benzene rings is 1. The predicted octanol–water partition coefficient (Wildman–Crippen LogP) is 4.06. The molecule has 0 aromatic heterocycles. The summed E-state index contributed by atoms with van der Waals surface area (Å²) in [5.74, 6) is -0.816. The minimum absolute atomic E-state index is 0.294. The first-order chi connectivity index (χ1) is 9.52. The van der Waals surface area contributed by atoms with E-state index < -0.39 is 11.5 Å². The number of carbonyl (C=O) groups is 1. The van der Waals surface area contributed by atoms with Gasteiger partial charge in [-0.3, -0.25) is 5.32 Å². The van der Waals surface area contributed by atoms with Crippen LogP contribution in [0.2, 0.25) is 0 Å². The minimum Gasteiger partial charge on any atom is -0.480 e. The summed E-state index contributed by atoms with van der Waals surface area (Å²) in [6, 6.07) is 7.84. The molecule has 110 valence electrons. The van der Waals surface area contributed by atoms with E-state index in [1.165, 1.54) is 25.7 Å². The van der Waals surface area contributed by atoms with Crippen molar-refractivity contribution in [2.24, 2.45) is 0 Å². The lowest BCUT2D eigenvalue weighted by atomic mass is 9.90. The van der Waals surface area contributed by atoms with Crippen LogP contribution < -0.4 is 5.32 Å². The van der Waals surface area contributed by atoms with Crippen molar-refractivity contribution in [3.05, 3.63) is 34.3 Å². The van der Waals surface area contributed by atoms with Gasteiger partial charge in [0.25, 0.3) is 0 Å². The zero-order valence-electron chi connectivity index (χ0n) is 11.9. The van der Waals surface area contributed by atoms with E-state index in [-0.39, 0.29) is 0 Å². The molecule has 4 heteroatoms. The molecule has 0 amide bonds. The maximum atomic E-state index is 11.8. The third-order valence-corrected chi connectivity index (χ3v) is 4.73. The van der Waals surface area contributed by atoms with Gasteiger partial charge in [-0.05, 0) is 37.5 Å². The first-order valence-corrected chi connectivity index (χ1v) is 8.09. The van der Waals surface area contributed by atoms with E-state index in [2.05, 4.69) is 21.2 Å². The van der Waals surface area contributed by atoms with Gasteiger partial charge >= 0.3 is 5.97 Å². The molecule has 2 rings (SSSR count). The number of aliphatic carboxylic acids is 1. The monoisotopic (exact) mass is 339 g/mol. The smallest absolute Gasteiger partial charge is 0.328 e. The first-order valence-electron chi connectivity index (χ1n) is 7.29. The predicted molar refractivity (Wildman–Crippen MR) is 83.8 cm³/mol. The van der Waals surface area contributed by atoms with Crippen molar-refractivity contribution in [2.75, 3.05) is 0 Å². The van der Waals surface area contributed by atoms with Crippen LogP contribution in [0, 0.1) is 0 Å². The molecule has 0 radical (unpaired) electrons. The fourth-order valence-electron chi connectivity index (χ4n) is 2.88. The number of carboxylic acid groups (broad SMARTS) is 1. The van der Waals surface area contributed by atoms with E-state index in [1.54, 1.807) is 6.92 Å². The van der Waals surface area contributed by atoms with E-state index in [0.29, 0.717) is 6.04 Å². The second kappa shape index (κ2) is 6.72. The molecule has 1 aromatic rings. The summed E-state index contributed by atoms with van der Waals surface area (Å²) in [6.07, 6.45) is 7.04. The number of halogens is 1. The van der Waals surface area contributed by atoms with Crippen LogP contribution in [0.25, 0.3) is 0 Å². The van der Waals surface area contributed by atoms with E-state index in [4.69, 9.17) is 0 Å². The van der Waals surface area contributed by atoms with E-state index in [9.17, 15) is 9.90 Å². The molecule has 1 unspecified atom stereocenters. The van der Waals surface area contributed by atoms with E-state index >= 15 is 0 Å². The highest BCUT2D eigenvalue weighted by molar-refractivity contribution is 9.10. The van der Waals surface area contributed by atoms with Gasteiger partial charge in [0.15, 0.2) is 0 Å². The Labute approximate surface area is 128 Å². The van der Waals surface area contributed by atoms with Crippen molar-refractivity contribution < 1.29 is 9.90 Å². The third kappa shape index (κ3) is 3.61. The van der Waals surface area contributed by atoms with Gasteiger partial charge in [0.05, 0.1) is 0 Å². The lowest BCUT2D eigenvalue weighted by molar-refractivity contribution is -0.145. The zero-order valence-corrected chi connectivity index (χ0v) is 13.4. The Morgan fingerprint density at radius 3 is 2.25 bits per heavy atom. The van der Waals surface area contributed by atoms with Crippen molar-refractivity contribution in [3.8, 4) is 0 Å². The highest BCUT2D eigenvalue weighted by Gasteiger charge is 2.37. The molecule has 1 aliphatic rings. The van der Waals surface area contributed by atoms with Crippen molar-refractivity contribution >= 4 is 21.9 Å². The zero-order chi connectivity index (χ0) is 14.6. The van der Waals surface area contributed by atoms with E-state index in [1.807, 2.05) is 24.3 Å². The van der Waals surface area contributed by atoms with Gasteiger partial charge in [0.1, 0.15) is 5.54 Å². The number of hydrogen-bond donors (Lipinski definition) is 2. The lowest BCUT2D eigenvalue weighted by Crippen LogP contribution is -2.51. The summed E-state index contributed by atoms with van der Waals surface area (Å²) in [7, 11) is 0. The Bertz CT molecular complexity index is 452. The van der Waals surface area contributed by atoms with Crippen molar-refractivity contribution in [1.29, 1.82) is 0 Å². The SMILES string of the molecule is CC(NC1CCCCCC1)(C(=O)O)c1ccc(Br)cc1. The standard InChI is InChI=1S/C16H22BrNO2/c1-16(15(19)20,12-8-10-13(17)11-9-12)18-14-6-4-2-3-5-7-14/h8-11,14,18H,2-7H2,1H3,(H,19,20). The van der Waals surface area contributed by atoms with Crippen molar-refractivity contribution in [3.63, 3.8) is 0 Å². The minimum atomic E-state index is -1.02. The summed E-state index contributed by atoms with van der Waals surface area (Å²) >= 11 is 3.39. The maximum Gasteiger partial charge on any atom is 0.328 e. The topological polar surface area (TPSA) is 49.3 Å². The number of nitrogens with one attached hydrogen (secondary N) is 1. The molecule has 0 bridgehead atoms. The van der Waals surface area contributed by atoms with Crippen LogP contribution >= 0.6 is 15.9 Å². The van der Waals surface area contributed by atoms with Crippen LogP contribution in [0.4, 0.5) is 0 Å². The highest BCUT2D eigenvalue weighted by atomic mass is 79.9. The molecule has 0 saturated heterocycles. The Morgan fingerprint density at radius 2 is 1.75 bits per heavy atom. The molecule has 0 spiro atoms. The van der Waals surface area contributed by atoms with Gasteiger partial charge in [0.2, 0.25) is 0 Å². The normalized spacial score (nSPS) is 20.1. The molecule has 2 N–H and O–H groups in total. The molecule has 1 aliphatic carbocycles. The molecular weight excluding hydrogens is 318 g/mol. The fraction of sp³-hybridized carbons (Fsp3) is 0.562. The number of carboxylic acids is 1. The maximum absolute atomic E-state index is 11.8. The molecular formula is C16H22BrNO2. The summed E-state index contributed by atoms with van der Waals surface area (Å²) in [6.45, 7) is 1.77. The molecule has 1 fully saturated rings. The number of rotatable bonds is 4. The van der Waals surface area contributed by atoms with E-state index in [0.717, 1.165) is 22.9 Å². The molecule has 0 heterocycles. The third-order valence-electron chi connectivity index (χ3n) is 4.20. The first kappa shape index (κ1) is 15.5. The number of hydrogen-bond acceptors (Lipinski definition) is 2. The Balaban J connectivity index is 2.20. The summed E-state index contributed by atoms with van der Waals surface area (Å²) in [4.78, 5) is 11.8. The van der Waals surface area contributed by atoms with Gasteiger partial charge < -0.3 is 5.11 Å². The van der Waals surface area contributed by atoms with Gasteiger partial charge in [-0.15, -0.1) is 0 Å². The molecule has 20 heavy (non-hydrogen) atoms. The van der Waals surface area contributed by atoms with Crippen LogP contribution in [-0.4, -0.2) is 17.1 Å². The highest BCUT2D eigenvalue weighted by Crippen LogP contribution is 2.27. The second-order valence-corrected chi connectivity index (χ2v) is 6.69. The molecule has 1 aromatic carbocycles. The van der Waals surface area contributed by atoms with Gasteiger partial charge in [-0.2, -0.15) is 0 Å². The largest absolute Gasteiger partial charge is 0.480 e. The van der Waals surface area contributed by atoms with Crippen LogP contribution in [0.3, 0.4) is 0 Å². The van der Waals surface area contributed by atoms with Gasteiger partial charge in [-0.1, -0.05) is 53.7 Å². The molecule has 0 aliphatic heterocycles. The average Bonchev–Trinajstić information content (AvgIpc) is 2.67. The van der Waals surface area contributed by atoms with Crippen LogP contribution in [-0.2, 0) is 10.3 Å². The summed E-state index contributed by atoms with van der Waals surface area (Å²) in [5, 5.41) is 13.1. The second-order valence-electron chi connectivity index (χ2n) is 5.77.